The molecule has 0 aromatic carbocycles. The molecule has 0 fully saturated rings. The van der Waals surface area contributed by atoms with Crippen molar-refractivity contribution >= 4 is 27.7 Å². The Balaban J connectivity index is 2.58. The lowest BCUT2D eigenvalue weighted by Gasteiger charge is -2.31. The third-order valence-corrected chi connectivity index (χ3v) is 3.66. The Morgan fingerprint density at radius 1 is 1.69 bits per heavy atom. The molecule has 0 radical (unpaired) electrons. The molecule has 1 aromatic rings. The molecule has 1 atom stereocenters. The van der Waals surface area contributed by atoms with E-state index in [4.69, 9.17) is 0 Å². The van der Waals surface area contributed by atoms with Gasteiger partial charge < -0.3 is 5.11 Å². The van der Waals surface area contributed by atoms with Gasteiger partial charge in [-0.25, -0.2) is 4.79 Å². The number of pyridine rings is 1. The summed E-state index contributed by atoms with van der Waals surface area (Å²) in [4.78, 5) is 16.9. The Morgan fingerprint density at radius 3 is 3.00 bits per heavy atom. The van der Waals surface area contributed by atoms with Gasteiger partial charge in [0.25, 0.3) is 0 Å². The molecule has 2 rings (SSSR count). The molecule has 0 saturated carbocycles. The molecule has 1 aliphatic heterocycles. The van der Waals surface area contributed by atoms with Crippen LogP contribution in [0.3, 0.4) is 0 Å². The van der Waals surface area contributed by atoms with Crippen molar-refractivity contribution in [1.82, 2.24) is 4.98 Å². The zero-order valence-electron chi connectivity index (χ0n) is 9.20. The van der Waals surface area contributed by atoms with Gasteiger partial charge >= 0.3 is 6.09 Å². The first-order valence-electron chi connectivity index (χ1n) is 5.15. The van der Waals surface area contributed by atoms with E-state index in [0.29, 0.717) is 12.5 Å². The molecule has 0 saturated heterocycles. The van der Waals surface area contributed by atoms with Gasteiger partial charge in [0, 0.05) is 17.2 Å². The number of anilines is 1. The number of hydrogen-bond donors (Lipinski definition) is 1. The van der Waals surface area contributed by atoms with Gasteiger partial charge in [-0.15, -0.1) is 0 Å². The number of nitrogens with zero attached hydrogens (tertiary/aromatic N) is 2. The van der Waals surface area contributed by atoms with Gasteiger partial charge in [0.2, 0.25) is 0 Å². The number of fused-ring (bicyclic) bond motifs is 1. The van der Waals surface area contributed by atoms with Crippen molar-refractivity contribution < 1.29 is 9.90 Å². The van der Waals surface area contributed by atoms with Crippen molar-refractivity contribution in [3.05, 3.63) is 21.9 Å². The number of hydrogen-bond acceptors (Lipinski definition) is 2. The highest BCUT2D eigenvalue weighted by Gasteiger charge is 2.29. The Bertz CT molecular complexity index is 448. The maximum atomic E-state index is 11.2. The molecule has 1 aromatic heterocycles. The molecule has 16 heavy (non-hydrogen) atoms. The Morgan fingerprint density at radius 2 is 2.38 bits per heavy atom. The van der Waals surface area contributed by atoms with Crippen molar-refractivity contribution in [3.8, 4) is 0 Å². The molecule has 1 N–H and O–H groups in total. The first-order chi connectivity index (χ1) is 7.50. The fraction of sp³-hybridized carbons (Fsp3) is 0.455. The smallest absolute Gasteiger partial charge is 0.411 e. The van der Waals surface area contributed by atoms with E-state index in [1.165, 1.54) is 4.90 Å². The van der Waals surface area contributed by atoms with Gasteiger partial charge in [-0.2, -0.15) is 0 Å². The van der Waals surface area contributed by atoms with Crippen LogP contribution in [0.2, 0.25) is 0 Å². The fourth-order valence-corrected chi connectivity index (χ4v) is 2.39. The third-order valence-electron chi connectivity index (χ3n) is 2.86. The van der Waals surface area contributed by atoms with Gasteiger partial charge in [0.1, 0.15) is 0 Å². The van der Waals surface area contributed by atoms with E-state index in [1.807, 2.05) is 13.8 Å². The van der Waals surface area contributed by atoms with Crippen LogP contribution in [0.15, 0.2) is 10.7 Å². The molecule has 1 amide bonds. The minimum atomic E-state index is -0.907. The largest absolute Gasteiger partial charge is 0.465 e. The highest BCUT2D eigenvalue weighted by atomic mass is 79.9. The topological polar surface area (TPSA) is 53.4 Å². The first kappa shape index (κ1) is 11.4. The molecule has 0 aliphatic carbocycles. The summed E-state index contributed by atoms with van der Waals surface area (Å²) in [5.74, 6) is 0.316. The molecule has 0 spiro atoms. The summed E-state index contributed by atoms with van der Waals surface area (Å²) in [6, 6.07) is 0. The highest BCUT2D eigenvalue weighted by molar-refractivity contribution is 9.10. The van der Waals surface area contributed by atoms with Crippen molar-refractivity contribution in [2.45, 2.75) is 20.3 Å². The minimum absolute atomic E-state index is 0.316. The number of aromatic nitrogens is 1. The third kappa shape index (κ3) is 1.80. The van der Waals surface area contributed by atoms with Crippen LogP contribution in [-0.4, -0.2) is 22.7 Å². The van der Waals surface area contributed by atoms with Crippen molar-refractivity contribution in [2.24, 2.45) is 5.92 Å². The van der Waals surface area contributed by atoms with Crippen LogP contribution in [0.1, 0.15) is 18.2 Å². The molecule has 1 aliphatic rings. The van der Waals surface area contributed by atoms with E-state index >= 15 is 0 Å². The second-order valence-electron chi connectivity index (χ2n) is 4.23. The SMILES string of the molecule is Cc1c(Br)cnc2c1N(C(=O)O)CC(C)C2. The summed E-state index contributed by atoms with van der Waals surface area (Å²) in [6.07, 6.45) is 1.68. The monoisotopic (exact) mass is 284 g/mol. The lowest BCUT2D eigenvalue weighted by Crippen LogP contribution is -2.39. The standard InChI is InChI=1S/C11H13BrN2O2/c1-6-3-9-10(14(5-6)11(15)16)7(2)8(12)4-13-9/h4,6H,3,5H2,1-2H3,(H,15,16). The second kappa shape index (κ2) is 4.05. The fourth-order valence-electron chi connectivity index (χ4n) is 2.10. The normalized spacial score (nSPS) is 19.4. The molecule has 86 valence electrons. The van der Waals surface area contributed by atoms with Crippen LogP contribution < -0.4 is 4.90 Å². The molecule has 4 nitrogen and oxygen atoms in total. The molecule has 0 bridgehead atoms. The number of carbonyl (C=O) groups is 1. The van der Waals surface area contributed by atoms with E-state index in [0.717, 1.165) is 27.8 Å². The van der Waals surface area contributed by atoms with E-state index in [9.17, 15) is 9.90 Å². The minimum Gasteiger partial charge on any atom is -0.465 e. The predicted octanol–water partition coefficient (Wildman–Crippen LogP) is 2.83. The second-order valence-corrected chi connectivity index (χ2v) is 5.08. The summed E-state index contributed by atoms with van der Waals surface area (Å²) < 4.78 is 0.854. The van der Waals surface area contributed by atoms with Gasteiger partial charge in [-0.3, -0.25) is 9.88 Å². The highest BCUT2D eigenvalue weighted by Crippen LogP contribution is 2.34. The van der Waals surface area contributed by atoms with Crippen molar-refractivity contribution in [3.63, 3.8) is 0 Å². The van der Waals surface area contributed by atoms with E-state index in [-0.39, 0.29) is 0 Å². The van der Waals surface area contributed by atoms with Gasteiger partial charge in [0.05, 0.1) is 11.4 Å². The molecular formula is C11H13BrN2O2. The number of carboxylic acid groups (broad SMARTS) is 1. The summed E-state index contributed by atoms with van der Waals surface area (Å²) in [7, 11) is 0. The Labute approximate surface area is 102 Å². The van der Waals surface area contributed by atoms with E-state index in [1.54, 1.807) is 6.20 Å². The number of halogens is 1. The Hall–Kier alpha value is -1.10. The summed E-state index contributed by atoms with van der Waals surface area (Å²) >= 11 is 3.38. The zero-order valence-corrected chi connectivity index (χ0v) is 10.8. The summed E-state index contributed by atoms with van der Waals surface area (Å²) in [6.45, 7) is 4.50. The maximum absolute atomic E-state index is 11.2. The molecular weight excluding hydrogens is 272 g/mol. The molecule has 2 heterocycles. The molecule has 1 unspecified atom stereocenters. The maximum Gasteiger partial charge on any atom is 0.411 e. The van der Waals surface area contributed by atoms with Crippen LogP contribution in [0, 0.1) is 12.8 Å². The van der Waals surface area contributed by atoms with Crippen molar-refractivity contribution in [1.29, 1.82) is 0 Å². The molecule has 5 heteroatoms. The van der Waals surface area contributed by atoms with E-state index in [2.05, 4.69) is 20.9 Å². The van der Waals surface area contributed by atoms with Gasteiger partial charge in [-0.05, 0) is 40.8 Å². The Kier molecular flexibility index (Phi) is 2.88. The first-order valence-corrected chi connectivity index (χ1v) is 5.94. The average molecular weight is 285 g/mol. The van der Waals surface area contributed by atoms with Gasteiger partial charge in [-0.1, -0.05) is 6.92 Å². The average Bonchev–Trinajstić information content (AvgIpc) is 2.22. The summed E-state index contributed by atoms with van der Waals surface area (Å²) in [5, 5.41) is 9.20. The number of amides is 1. The van der Waals surface area contributed by atoms with Crippen LogP contribution in [0.25, 0.3) is 0 Å². The lowest BCUT2D eigenvalue weighted by molar-refractivity contribution is 0.199. The zero-order chi connectivity index (χ0) is 11.9. The van der Waals surface area contributed by atoms with Crippen LogP contribution in [0.4, 0.5) is 10.5 Å². The van der Waals surface area contributed by atoms with Crippen LogP contribution in [0.5, 0.6) is 0 Å². The quantitative estimate of drug-likeness (QED) is 0.797. The summed E-state index contributed by atoms with van der Waals surface area (Å²) in [5.41, 5.74) is 2.57. The van der Waals surface area contributed by atoms with Crippen LogP contribution >= 0.6 is 15.9 Å². The van der Waals surface area contributed by atoms with Gasteiger partial charge in [0.15, 0.2) is 0 Å². The van der Waals surface area contributed by atoms with Crippen molar-refractivity contribution in [2.75, 3.05) is 11.4 Å². The number of rotatable bonds is 0. The van der Waals surface area contributed by atoms with E-state index < -0.39 is 6.09 Å². The lowest BCUT2D eigenvalue weighted by atomic mass is 9.96. The van der Waals surface area contributed by atoms with Crippen LogP contribution in [-0.2, 0) is 6.42 Å². The predicted molar refractivity (Wildman–Crippen MR) is 64.9 cm³/mol.